The Morgan fingerprint density at radius 3 is 2.32 bits per heavy atom. The van der Waals surface area contributed by atoms with Crippen molar-refractivity contribution >= 4 is 0 Å². The third-order valence-corrected chi connectivity index (χ3v) is 3.98. The van der Waals surface area contributed by atoms with Gasteiger partial charge in [-0.3, -0.25) is 0 Å². The van der Waals surface area contributed by atoms with Gasteiger partial charge < -0.3 is 15.2 Å². The van der Waals surface area contributed by atoms with Crippen LogP contribution in [0.2, 0.25) is 0 Å². The second kappa shape index (κ2) is 7.97. The van der Waals surface area contributed by atoms with E-state index in [0.29, 0.717) is 6.42 Å². The van der Waals surface area contributed by atoms with Gasteiger partial charge in [-0.05, 0) is 31.9 Å². The van der Waals surface area contributed by atoms with Gasteiger partial charge in [-0.15, -0.1) is 0 Å². The van der Waals surface area contributed by atoms with Crippen LogP contribution in [0.15, 0.2) is 54.6 Å². The minimum Gasteiger partial charge on any atom is -0.496 e. The molecule has 3 unspecified atom stereocenters. The van der Waals surface area contributed by atoms with Crippen molar-refractivity contribution in [3.05, 3.63) is 65.7 Å². The number of methoxy groups -OCH3 is 1. The molecule has 0 aliphatic rings. The lowest BCUT2D eigenvalue weighted by Gasteiger charge is -2.25. The predicted octanol–water partition coefficient (Wildman–Crippen LogP) is 3.34. The summed E-state index contributed by atoms with van der Waals surface area (Å²) in [6.07, 6.45) is 0.216. The Morgan fingerprint density at radius 2 is 1.64 bits per heavy atom. The van der Waals surface area contributed by atoms with Crippen LogP contribution in [0.3, 0.4) is 0 Å². The Bertz CT molecular complexity index is 571. The van der Waals surface area contributed by atoms with E-state index in [4.69, 9.17) is 4.74 Å². The number of aliphatic hydroxyl groups is 1. The second-order valence-electron chi connectivity index (χ2n) is 5.68. The Kier molecular flexibility index (Phi) is 5.99. The van der Waals surface area contributed by atoms with Gasteiger partial charge in [-0.2, -0.15) is 0 Å². The van der Waals surface area contributed by atoms with Crippen molar-refractivity contribution in [3.8, 4) is 5.75 Å². The number of hydrogen-bond donors (Lipinski definition) is 2. The van der Waals surface area contributed by atoms with Crippen molar-refractivity contribution < 1.29 is 9.84 Å². The standard InChI is InChI=1S/C19H25NO2/c1-14(17-11-7-8-12-19(17)22-3)20-15(2)18(21)13-16-9-5-4-6-10-16/h4-12,14-15,18,20-21H,13H2,1-3H3. The molecule has 3 atom stereocenters. The highest BCUT2D eigenvalue weighted by molar-refractivity contribution is 5.35. The quantitative estimate of drug-likeness (QED) is 0.824. The zero-order valence-electron chi connectivity index (χ0n) is 13.5. The molecule has 22 heavy (non-hydrogen) atoms. The lowest BCUT2D eigenvalue weighted by Crippen LogP contribution is -2.40. The van der Waals surface area contributed by atoms with Crippen molar-refractivity contribution in [2.75, 3.05) is 7.11 Å². The van der Waals surface area contributed by atoms with Crippen molar-refractivity contribution in [2.24, 2.45) is 0 Å². The van der Waals surface area contributed by atoms with Gasteiger partial charge in [0.15, 0.2) is 0 Å². The third kappa shape index (κ3) is 4.33. The van der Waals surface area contributed by atoms with E-state index in [1.54, 1.807) is 7.11 Å². The molecule has 0 saturated heterocycles. The highest BCUT2D eigenvalue weighted by atomic mass is 16.5. The lowest BCUT2D eigenvalue weighted by atomic mass is 10.0. The molecular formula is C19H25NO2. The number of ether oxygens (including phenoxy) is 1. The third-order valence-electron chi connectivity index (χ3n) is 3.98. The molecule has 118 valence electrons. The van der Waals surface area contributed by atoms with Crippen LogP contribution >= 0.6 is 0 Å². The number of para-hydroxylation sites is 1. The van der Waals surface area contributed by atoms with E-state index in [9.17, 15) is 5.11 Å². The molecule has 0 spiro atoms. The van der Waals surface area contributed by atoms with Crippen LogP contribution in [0.1, 0.15) is 31.0 Å². The van der Waals surface area contributed by atoms with Crippen LogP contribution in [-0.2, 0) is 6.42 Å². The summed E-state index contributed by atoms with van der Waals surface area (Å²) in [5.41, 5.74) is 2.25. The van der Waals surface area contributed by atoms with Crippen molar-refractivity contribution in [1.82, 2.24) is 5.32 Å². The number of hydrogen-bond acceptors (Lipinski definition) is 3. The fraction of sp³-hybridized carbons (Fsp3) is 0.368. The molecule has 0 fully saturated rings. The molecular weight excluding hydrogens is 274 g/mol. The van der Waals surface area contributed by atoms with Gasteiger partial charge in [0.1, 0.15) is 5.75 Å². The molecule has 0 aliphatic carbocycles. The molecule has 2 aromatic carbocycles. The zero-order valence-corrected chi connectivity index (χ0v) is 13.5. The smallest absolute Gasteiger partial charge is 0.123 e. The van der Waals surface area contributed by atoms with Crippen LogP contribution in [0.4, 0.5) is 0 Å². The molecule has 0 saturated carbocycles. The van der Waals surface area contributed by atoms with E-state index in [-0.39, 0.29) is 12.1 Å². The van der Waals surface area contributed by atoms with Gasteiger partial charge in [-0.25, -0.2) is 0 Å². The number of rotatable bonds is 7. The molecule has 0 radical (unpaired) electrons. The van der Waals surface area contributed by atoms with Crippen molar-refractivity contribution in [2.45, 2.75) is 38.5 Å². The van der Waals surface area contributed by atoms with E-state index in [1.165, 1.54) is 0 Å². The fourth-order valence-corrected chi connectivity index (χ4v) is 2.65. The first-order valence-corrected chi connectivity index (χ1v) is 7.72. The minimum atomic E-state index is -0.431. The lowest BCUT2D eigenvalue weighted by molar-refractivity contribution is 0.129. The summed E-state index contributed by atoms with van der Waals surface area (Å²) in [6, 6.07) is 18.1. The van der Waals surface area contributed by atoms with Crippen molar-refractivity contribution in [3.63, 3.8) is 0 Å². The van der Waals surface area contributed by atoms with Crippen LogP contribution in [0.5, 0.6) is 5.75 Å². The van der Waals surface area contributed by atoms with E-state index >= 15 is 0 Å². The average Bonchev–Trinajstić information content (AvgIpc) is 2.55. The summed E-state index contributed by atoms with van der Waals surface area (Å²) in [6.45, 7) is 4.10. The number of aliphatic hydroxyl groups excluding tert-OH is 1. The largest absolute Gasteiger partial charge is 0.496 e. The molecule has 0 aliphatic heterocycles. The summed E-state index contributed by atoms with van der Waals surface area (Å²) in [5, 5.41) is 13.9. The second-order valence-corrected chi connectivity index (χ2v) is 5.68. The highest BCUT2D eigenvalue weighted by Crippen LogP contribution is 2.25. The molecule has 0 amide bonds. The molecule has 0 heterocycles. The molecule has 2 rings (SSSR count). The van der Waals surface area contributed by atoms with Gasteiger partial charge in [-0.1, -0.05) is 48.5 Å². The normalized spacial score (nSPS) is 15.1. The Hall–Kier alpha value is -1.84. The first kappa shape index (κ1) is 16.5. The highest BCUT2D eigenvalue weighted by Gasteiger charge is 2.19. The van der Waals surface area contributed by atoms with E-state index in [1.807, 2.05) is 61.5 Å². The first-order chi connectivity index (χ1) is 10.6. The maximum atomic E-state index is 10.4. The molecule has 0 aromatic heterocycles. The summed E-state index contributed by atoms with van der Waals surface area (Å²) in [4.78, 5) is 0. The van der Waals surface area contributed by atoms with Gasteiger partial charge in [0.25, 0.3) is 0 Å². The van der Waals surface area contributed by atoms with Gasteiger partial charge in [0.2, 0.25) is 0 Å². The molecule has 0 bridgehead atoms. The van der Waals surface area contributed by atoms with Crippen LogP contribution in [0.25, 0.3) is 0 Å². The van der Waals surface area contributed by atoms with E-state index in [2.05, 4.69) is 12.2 Å². The summed E-state index contributed by atoms with van der Waals surface area (Å²) in [5.74, 6) is 0.868. The minimum absolute atomic E-state index is 0.0138. The van der Waals surface area contributed by atoms with E-state index in [0.717, 1.165) is 16.9 Å². The first-order valence-electron chi connectivity index (χ1n) is 7.72. The maximum absolute atomic E-state index is 10.4. The fourth-order valence-electron chi connectivity index (χ4n) is 2.65. The van der Waals surface area contributed by atoms with E-state index < -0.39 is 6.10 Å². The van der Waals surface area contributed by atoms with Gasteiger partial charge in [0.05, 0.1) is 13.2 Å². The molecule has 3 heteroatoms. The Balaban J connectivity index is 1.97. The summed E-state index contributed by atoms with van der Waals surface area (Å²) >= 11 is 0. The van der Waals surface area contributed by atoms with Crippen molar-refractivity contribution in [1.29, 1.82) is 0 Å². The monoisotopic (exact) mass is 299 g/mol. The van der Waals surface area contributed by atoms with Crippen LogP contribution in [0, 0.1) is 0 Å². The SMILES string of the molecule is COc1ccccc1C(C)NC(C)C(O)Cc1ccccc1. The predicted molar refractivity (Wildman–Crippen MR) is 90.2 cm³/mol. The molecule has 3 nitrogen and oxygen atoms in total. The van der Waals surface area contributed by atoms with Gasteiger partial charge >= 0.3 is 0 Å². The molecule has 2 N–H and O–H groups in total. The molecule has 2 aromatic rings. The summed E-state index contributed by atoms with van der Waals surface area (Å²) in [7, 11) is 1.68. The Labute approximate surface area is 133 Å². The number of nitrogens with one attached hydrogen (secondary N) is 1. The zero-order chi connectivity index (χ0) is 15.9. The van der Waals surface area contributed by atoms with Crippen LogP contribution < -0.4 is 10.1 Å². The maximum Gasteiger partial charge on any atom is 0.123 e. The van der Waals surface area contributed by atoms with Crippen LogP contribution in [-0.4, -0.2) is 24.4 Å². The number of benzene rings is 2. The summed E-state index contributed by atoms with van der Waals surface area (Å²) < 4.78 is 5.40. The van der Waals surface area contributed by atoms with Gasteiger partial charge in [0, 0.05) is 17.6 Å². The topological polar surface area (TPSA) is 41.5 Å². The average molecular weight is 299 g/mol. The Morgan fingerprint density at radius 1 is 1.00 bits per heavy atom.